The maximum absolute atomic E-state index is 11.9. The van der Waals surface area contributed by atoms with Crippen LogP contribution in [0, 0.1) is 6.92 Å². The van der Waals surface area contributed by atoms with Crippen molar-refractivity contribution in [2.45, 2.75) is 39.7 Å². The molecule has 0 saturated heterocycles. The summed E-state index contributed by atoms with van der Waals surface area (Å²) in [5.41, 5.74) is 1.96. The van der Waals surface area contributed by atoms with Crippen molar-refractivity contribution in [3.05, 3.63) is 39.7 Å². The van der Waals surface area contributed by atoms with Crippen molar-refractivity contribution in [2.75, 3.05) is 20.1 Å². The Hall–Kier alpha value is -1.62. The maximum atomic E-state index is 11.9. The summed E-state index contributed by atoms with van der Waals surface area (Å²) in [5, 5.41) is 12.5. The number of guanidine groups is 1. The Morgan fingerprint density at radius 2 is 2.04 bits per heavy atom. The number of nitrogens with one attached hydrogen (secondary N) is 3. The lowest BCUT2D eigenvalue weighted by Gasteiger charge is -2.11. The third-order valence-corrected chi connectivity index (χ3v) is 4.66. The van der Waals surface area contributed by atoms with E-state index >= 15 is 0 Å². The summed E-state index contributed by atoms with van der Waals surface area (Å²) in [7, 11) is 1.73. The summed E-state index contributed by atoms with van der Waals surface area (Å²) < 4.78 is 5.17. The first-order valence-corrected chi connectivity index (χ1v) is 9.60. The van der Waals surface area contributed by atoms with Gasteiger partial charge in [-0.2, -0.15) is 0 Å². The van der Waals surface area contributed by atoms with Crippen LogP contribution in [0.15, 0.2) is 27.1 Å². The second kappa shape index (κ2) is 12.0. The number of aliphatic imine (C=N–C) groups is 1. The molecule has 0 unspecified atom stereocenters. The lowest BCUT2D eigenvalue weighted by Crippen LogP contribution is -2.38. The van der Waals surface area contributed by atoms with Gasteiger partial charge in [-0.1, -0.05) is 13.8 Å². The molecule has 0 radical (unpaired) electrons. The molecule has 0 fully saturated rings. The van der Waals surface area contributed by atoms with Gasteiger partial charge in [-0.3, -0.25) is 9.79 Å². The molecule has 9 heteroatoms. The third-order valence-electron chi connectivity index (χ3n) is 3.79. The minimum atomic E-state index is -0.181. The lowest BCUT2D eigenvalue weighted by molar-refractivity contribution is 0.0925. The van der Waals surface area contributed by atoms with Gasteiger partial charge < -0.3 is 20.4 Å². The first kappa shape index (κ1) is 23.4. The van der Waals surface area contributed by atoms with Crippen molar-refractivity contribution >= 4 is 47.2 Å². The molecule has 2 rings (SSSR count). The number of aryl methyl sites for hydroxylation is 1. The average Bonchev–Trinajstić information content (AvgIpc) is 3.26. The molecule has 0 aliphatic carbocycles. The molecule has 7 nitrogen and oxygen atoms in total. The Labute approximate surface area is 181 Å². The van der Waals surface area contributed by atoms with Crippen LogP contribution in [0.3, 0.4) is 0 Å². The Kier molecular flexibility index (Phi) is 10.4. The fourth-order valence-electron chi connectivity index (χ4n) is 2.23. The van der Waals surface area contributed by atoms with E-state index in [1.165, 1.54) is 6.26 Å². The predicted octanol–water partition coefficient (Wildman–Crippen LogP) is 3.27. The van der Waals surface area contributed by atoms with Crippen LogP contribution in [-0.2, 0) is 6.54 Å². The van der Waals surface area contributed by atoms with Crippen LogP contribution in [-0.4, -0.2) is 37.0 Å². The van der Waals surface area contributed by atoms with Crippen LogP contribution in [0.1, 0.15) is 53.0 Å². The smallest absolute Gasteiger partial charge is 0.287 e. The van der Waals surface area contributed by atoms with Crippen LogP contribution < -0.4 is 16.0 Å². The highest BCUT2D eigenvalue weighted by Gasteiger charge is 2.11. The third kappa shape index (κ3) is 7.49. The standard InChI is InChI=1S/C18H27N5O2S.HI/c1-12(2)14-11-26-15(23-14)10-22-18(19-4)21-8-5-7-20-17(24)16-13(3)6-9-25-16;/h6,9,11-12H,5,7-8,10H2,1-4H3,(H,20,24)(H2,19,21,22);1H. The maximum Gasteiger partial charge on any atom is 0.287 e. The number of hydrogen-bond donors (Lipinski definition) is 3. The molecule has 1 amide bonds. The average molecular weight is 505 g/mol. The summed E-state index contributed by atoms with van der Waals surface area (Å²) in [4.78, 5) is 20.7. The fourth-order valence-corrected chi connectivity index (χ4v) is 3.13. The predicted molar refractivity (Wildman–Crippen MR) is 120 cm³/mol. The Bertz CT molecular complexity index is 742. The van der Waals surface area contributed by atoms with Crippen molar-refractivity contribution < 1.29 is 9.21 Å². The molecule has 0 atom stereocenters. The molecular formula is C18H28IN5O2S. The largest absolute Gasteiger partial charge is 0.459 e. The van der Waals surface area contributed by atoms with Gasteiger partial charge in [0.25, 0.3) is 5.91 Å². The molecule has 0 bridgehead atoms. The zero-order valence-electron chi connectivity index (χ0n) is 16.2. The quantitative estimate of drug-likeness (QED) is 0.222. The molecule has 0 saturated carbocycles. The molecule has 0 aromatic carbocycles. The number of carbonyl (C=O) groups excluding carboxylic acids is 1. The second-order valence-electron chi connectivity index (χ2n) is 6.22. The highest BCUT2D eigenvalue weighted by atomic mass is 127. The summed E-state index contributed by atoms with van der Waals surface area (Å²) in [6, 6.07) is 1.78. The van der Waals surface area contributed by atoms with Gasteiger partial charge in [0, 0.05) is 31.1 Å². The molecule has 2 aromatic rings. The molecule has 3 N–H and O–H groups in total. The fraction of sp³-hybridized carbons (Fsp3) is 0.500. The molecule has 150 valence electrons. The number of thiazole rings is 1. The van der Waals surface area contributed by atoms with Crippen molar-refractivity contribution in [1.29, 1.82) is 0 Å². The number of rotatable bonds is 8. The molecule has 0 spiro atoms. The zero-order chi connectivity index (χ0) is 18.9. The van der Waals surface area contributed by atoms with Crippen LogP contribution in [0.2, 0.25) is 0 Å². The number of halogens is 1. The van der Waals surface area contributed by atoms with Crippen LogP contribution in [0.5, 0.6) is 0 Å². The van der Waals surface area contributed by atoms with Crippen LogP contribution in [0.4, 0.5) is 0 Å². The SMILES string of the molecule is CN=C(NCCCNC(=O)c1occc1C)NCc1nc(C(C)C)cs1.I. The topological polar surface area (TPSA) is 91.5 Å². The van der Waals surface area contributed by atoms with Gasteiger partial charge in [-0.25, -0.2) is 4.98 Å². The van der Waals surface area contributed by atoms with Gasteiger partial charge in [0.2, 0.25) is 0 Å². The van der Waals surface area contributed by atoms with E-state index in [0.29, 0.717) is 31.3 Å². The summed E-state index contributed by atoms with van der Waals surface area (Å²) >= 11 is 1.65. The van der Waals surface area contributed by atoms with Crippen molar-refractivity contribution in [3.63, 3.8) is 0 Å². The van der Waals surface area contributed by atoms with Crippen molar-refractivity contribution in [2.24, 2.45) is 4.99 Å². The molecule has 0 aliphatic rings. The zero-order valence-corrected chi connectivity index (χ0v) is 19.3. The summed E-state index contributed by atoms with van der Waals surface area (Å²) in [6.45, 7) is 8.03. The molecule has 2 heterocycles. The van der Waals surface area contributed by atoms with E-state index in [-0.39, 0.29) is 29.9 Å². The molecular weight excluding hydrogens is 477 g/mol. The van der Waals surface area contributed by atoms with E-state index in [4.69, 9.17) is 4.42 Å². The number of furan rings is 1. The number of aromatic nitrogens is 1. The highest BCUT2D eigenvalue weighted by molar-refractivity contribution is 14.0. The van der Waals surface area contributed by atoms with E-state index in [9.17, 15) is 4.79 Å². The van der Waals surface area contributed by atoms with E-state index in [1.807, 2.05) is 6.92 Å². The number of nitrogens with zero attached hydrogens (tertiary/aromatic N) is 2. The van der Waals surface area contributed by atoms with Crippen LogP contribution >= 0.6 is 35.3 Å². The normalized spacial score (nSPS) is 11.2. The number of hydrogen-bond acceptors (Lipinski definition) is 5. The lowest BCUT2D eigenvalue weighted by atomic mass is 10.2. The molecule has 27 heavy (non-hydrogen) atoms. The van der Waals surface area contributed by atoms with Gasteiger partial charge in [-0.05, 0) is 25.3 Å². The van der Waals surface area contributed by atoms with Crippen LogP contribution in [0.25, 0.3) is 0 Å². The van der Waals surface area contributed by atoms with E-state index in [2.05, 4.69) is 45.2 Å². The van der Waals surface area contributed by atoms with Gasteiger partial charge >= 0.3 is 0 Å². The molecule has 0 aliphatic heterocycles. The van der Waals surface area contributed by atoms with E-state index < -0.39 is 0 Å². The minimum Gasteiger partial charge on any atom is -0.459 e. The summed E-state index contributed by atoms with van der Waals surface area (Å²) in [6.07, 6.45) is 2.30. The first-order valence-electron chi connectivity index (χ1n) is 8.72. The Balaban J connectivity index is 0.00000364. The van der Waals surface area contributed by atoms with Crippen molar-refractivity contribution in [3.8, 4) is 0 Å². The minimum absolute atomic E-state index is 0. The summed E-state index contributed by atoms with van der Waals surface area (Å²) in [5.74, 6) is 1.36. The van der Waals surface area contributed by atoms with Gasteiger partial charge in [0.1, 0.15) is 5.01 Å². The number of carbonyl (C=O) groups is 1. The molecule has 2 aromatic heterocycles. The number of amides is 1. The second-order valence-corrected chi connectivity index (χ2v) is 7.16. The Morgan fingerprint density at radius 1 is 1.30 bits per heavy atom. The van der Waals surface area contributed by atoms with Gasteiger partial charge in [0.05, 0.1) is 18.5 Å². The van der Waals surface area contributed by atoms with Gasteiger partial charge in [0.15, 0.2) is 11.7 Å². The van der Waals surface area contributed by atoms with Crippen molar-refractivity contribution in [1.82, 2.24) is 20.9 Å². The first-order chi connectivity index (χ1) is 12.5. The van der Waals surface area contributed by atoms with E-state index in [0.717, 1.165) is 28.6 Å². The highest BCUT2D eigenvalue weighted by Crippen LogP contribution is 2.17. The Morgan fingerprint density at radius 3 is 2.63 bits per heavy atom. The van der Waals surface area contributed by atoms with E-state index in [1.54, 1.807) is 24.5 Å². The monoisotopic (exact) mass is 505 g/mol. The van der Waals surface area contributed by atoms with Gasteiger partial charge in [-0.15, -0.1) is 35.3 Å².